The summed E-state index contributed by atoms with van der Waals surface area (Å²) in [6.45, 7) is 2.97. The molecule has 0 saturated heterocycles. The highest BCUT2D eigenvalue weighted by Crippen LogP contribution is 2.31. The number of nitrogens with zero attached hydrogens (tertiary/aromatic N) is 1. The van der Waals surface area contributed by atoms with Crippen LogP contribution in [0.3, 0.4) is 0 Å². The van der Waals surface area contributed by atoms with E-state index < -0.39 is 5.60 Å². The number of halogens is 2. The molecule has 0 saturated carbocycles. The maximum atomic E-state index is 10.5. The van der Waals surface area contributed by atoms with Gasteiger partial charge in [-0.25, -0.2) is 0 Å². The van der Waals surface area contributed by atoms with Gasteiger partial charge < -0.3 is 10.0 Å². The summed E-state index contributed by atoms with van der Waals surface area (Å²) in [5, 5.41) is 11.6. The third kappa shape index (κ3) is 6.01. The number of unbranched alkanes of at least 4 members (excludes halogenated alkanes) is 3. The van der Waals surface area contributed by atoms with Crippen LogP contribution in [0.15, 0.2) is 18.2 Å². The van der Waals surface area contributed by atoms with E-state index in [2.05, 4.69) is 19.0 Å². The fraction of sp³-hybridized carbons (Fsp3) is 0.625. The Morgan fingerprint density at radius 3 is 2.30 bits per heavy atom. The first kappa shape index (κ1) is 17.8. The summed E-state index contributed by atoms with van der Waals surface area (Å²) in [6, 6.07) is 5.35. The molecule has 2 nitrogen and oxygen atoms in total. The van der Waals surface area contributed by atoms with E-state index in [1.54, 1.807) is 12.1 Å². The van der Waals surface area contributed by atoms with Gasteiger partial charge in [-0.05, 0) is 58.1 Å². The summed E-state index contributed by atoms with van der Waals surface area (Å²) in [5.41, 5.74) is -0.00401. The fourth-order valence-corrected chi connectivity index (χ4v) is 2.52. The molecule has 0 fully saturated rings. The van der Waals surface area contributed by atoms with Crippen LogP contribution < -0.4 is 0 Å². The van der Waals surface area contributed by atoms with Gasteiger partial charge in [0.25, 0.3) is 0 Å². The summed E-state index contributed by atoms with van der Waals surface area (Å²) in [5.74, 6) is 0. The number of rotatable bonds is 8. The van der Waals surface area contributed by atoms with Crippen LogP contribution in [0, 0.1) is 0 Å². The first-order chi connectivity index (χ1) is 9.33. The monoisotopic (exact) mass is 317 g/mol. The smallest absolute Gasteiger partial charge is 0.0869 e. The second-order valence-corrected chi connectivity index (χ2v) is 6.68. The highest BCUT2D eigenvalue weighted by Gasteiger charge is 2.23. The van der Waals surface area contributed by atoms with Crippen molar-refractivity contribution < 1.29 is 5.11 Å². The van der Waals surface area contributed by atoms with Gasteiger partial charge in [0.1, 0.15) is 0 Å². The Labute approximate surface area is 132 Å². The summed E-state index contributed by atoms with van der Waals surface area (Å²) < 4.78 is 0. The minimum absolute atomic E-state index is 0.496. The van der Waals surface area contributed by atoms with E-state index in [1.165, 1.54) is 12.8 Å². The third-order valence-electron chi connectivity index (χ3n) is 3.56. The molecule has 1 rings (SSSR count). The lowest BCUT2D eigenvalue weighted by molar-refractivity contribution is 0.0448. The number of hydrogen-bond acceptors (Lipinski definition) is 2. The Balaban J connectivity index is 2.39. The normalized spacial score (nSPS) is 14.6. The molecule has 20 heavy (non-hydrogen) atoms. The van der Waals surface area contributed by atoms with E-state index in [-0.39, 0.29) is 0 Å². The summed E-state index contributed by atoms with van der Waals surface area (Å²) in [7, 11) is 4.18. The average molecular weight is 318 g/mol. The van der Waals surface area contributed by atoms with Crippen LogP contribution in [0.5, 0.6) is 0 Å². The van der Waals surface area contributed by atoms with Crippen LogP contribution in [-0.2, 0) is 5.60 Å². The maximum Gasteiger partial charge on any atom is 0.0869 e. The second kappa shape index (κ2) is 8.23. The van der Waals surface area contributed by atoms with Crippen molar-refractivity contribution in [3.63, 3.8) is 0 Å². The average Bonchev–Trinajstić information content (AvgIpc) is 2.36. The molecule has 0 amide bonds. The van der Waals surface area contributed by atoms with Crippen molar-refractivity contribution in [3.05, 3.63) is 33.8 Å². The largest absolute Gasteiger partial charge is 0.385 e. The fourth-order valence-electron chi connectivity index (χ4n) is 2.23. The molecule has 0 bridgehead atoms. The Bertz CT molecular complexity index is 419. The van der Waals surface area contributed by atoms with E-state index in [4.69, 9.17) is 23.2 Å². The molecule has 1 N–H and O–H groups in total. The number of benzene rings is 1. The van der Waals surface area contributed by atoms with Gasteiger partial charge in [0.2, 0.25) is 0 Å². The molecule has 0 aliphatic carbocycles. The molecule has 4 heteroatoms. The molecule has 0 unspecified atom stereocenters. The van der Waals surface area contributed by atoms with Crippen LogP contribution in [0.25, 0.3) is 0 Å². The zero-order valence-corrected chi connectivity index (χ0v) is 14.1. The zero-order valence-electron chi connectivity index (χ0n) is 12.6. The quantitative estimate of drug-likeness (QED) is 0.702. The van der Waals surface area contributed by atoms with Crippen molar-refractivity contribution in [2.24, 2.45) is 0 Å². The standard InChI is InChI=1S/C16H25Cl2NO/c1-16(20,10-6-4-5-7-11-19(2)3)13-8-9-14(17)15(18)12-13/h8-9,12,20H,4-7,10-11H2,1-3H3/t16-/m1/s1. The van der Waals surface area contributed by atoms with Crippen molar-refractivity contribution in [2.75, 3.05) is 20.6 Å². The van der Waals surface area contributed by atoms with Gasteiger partial charge >= 0.3 is 0 Å². The highest BCUT2D eigenvalue weighted by molar-refractivity contribution is 6.42. The van der Waals surface area contributed by atoms with E-state index >= 15 is 0 Å². The van der Waals surface area contributed by atoms with Gasteiger partial charge in [-0.15, -0.1) is 0 Å². The Morgan fingerprint density at radius 1 is 1.05 bits per heavy atom. The molecule has 1 atom stereocenters. The van der Waals surface area contributed by atoms with Gasteiger partial charge in [-0.1, -0.05) is 48.5 Å². The van der Waals surface area contributed by atoms with Crippen LogP contribution in [-0.4, -0.2) is 30.6 Å². The first-order valence-electron chi connectivity index (χ1n) is 7.15. The molecule has 1 aromatic rings. The minimum Gasteiger partial charge on any atom is -0.385 e. The molecule has 114 valence electrons. The zero-order chi connectivity index (χ0) is 15.2. The molecule has 0 aromatic heterocycles. The lowest BCUT2D eigenvalue weighted by Crippen LogP contribution is -2.21. The van der Waals surface area contributed by atoms with Crippen molar-refractivity contribution in [1.82, 2.24) is 4.90 Å². The van der Waals surface area contributed by atoms with E-state index in [1.807, 2.05) is 13.0 Å². The Kier molecular flexibility index (Phi) is 7.32. The molecule has 0 spiro atoms. The molecule has 1 aromatic carbocycles. The van der Waals surface area contributed by atoms with Crippen LogP contribution in [0.2, 0.25) is 10.0 Å². The second-order valence-electron chi connectivity index (χ2n) is 5.87. The topological polar surface area (TPSA) is 23.5 Å². The minimum atomic E-state index is -0.838. The van der Waals surface area contributed by atoms with Crippen molar-refractivity contribution in [3.8, 4) is 0 Å². The van der Waals surface area contributed by atoms with Crippen LogP contribution in [0.1, 0.15) is 44.6 Å². The third-order valence-corrected chi connectivity index (χ3v) is 4.30. The molecular weight excluding hydrogens is 293 g/mol. The molecular formula is C16H25Cl2NO. The van der Waals surface area contributed by atoms with Gasteiger partial charge in [0.05, 0.1) is 15.6 Å². The summed E-state index contributed by atoms with van der Waals surface area (Å²) in [6.07, 6.45) is 5.32. The van der Waals surface area contributed by atoms with Gasteiger partial charge in [0, 0.05) is 0 Å². The van der Waals surface area contributed by atoms with Crippen molar-refractivity contribution in [1.29, 1.82) is 0 Å². The highest BCUT2D eigenvalue weighted by atomic mass is 35.5. The first-order valence-corrected chi connectivity index (χ1v) is 7.91. The van der Waals surface area contributed by atoms with Gasteiger partial charge in [-0.3, -0.25) is 0 Å². The lowest BCUT2D eigenvalue weighted by atomic mass is 9.90. The summed E-state index contributed by atoms with van der Waals surface area (Å²) >= 11 is 11.9. The van der Waals surface area contributed by atoms with Crippen molar-refractivity contribution in [2.45, 2.75) is 44.6 Å². The number of hydrogen-bond donors (Lipinski definition) is 1. The predicted molar refractivity (Wildman–Crippen MR) is 87.7 cm³/mol. The predicted octanol–water partition coefficient (Wildman–Crippen LogP) is 4.71. The van der Waals surface area contributed by atoms with E-state index in [0.29, 0.717) is 10.0 Å². The van der Waals surface area contributed by atoms with Crippen LogP contribution in [0.4, 0.5) is 0 Å². The summed E-state index contributed by atoms with van der Waals surface area (Å²) in [4.78, 5) is 2.20. The van der Waals surface area contributed by atoms with Crippen molar-refractivity contribution >= 4 is 23.2 Å². The lowest BCUT2D eigenvalue weighted by Gasteiger charge is -2.24. The molecule has 0 aliphatic heterocycles. The van der Waals surface area contributed by atoms with E-state index in [9.17, 15) is 5.11 Å². The van der Waals surface area contributed by atoms with Gasteiger partial charge in [-0.2, -0.15) is 0 Å². The molecule has 0 aliphatic rings. The molecule has 0 radical (unpaired) electrons. The SMILES string of the molecule is CN(C)CCCCCC[C@@](C)(O)c1ccc(Cl)c(Cl)c1. The van der Waals surface area contributed by atoms with Crippen LogP contribution >= 0.6 is 23.2 Å². The Morgan fingerprint density at radius 2 is 1.70 bits per heavy atom. The van der Waals surface area contributed by atoms with Gasteiger partial charge in [0.15, 0.2) is 0 Å². The maximum absolute atomic E-state index is 10.5. The number of aliphatic hydroxyl groups is 1. The van der Waals surface area contributed by atoms with E-state index in [0.717, 1.165) is 31.4 Å². The Hall–Kier alpha value is -0.280. The molecule has 0 heterocycles.